The average Bonchev–Trinajstić information content (AvgIpc) is 3.24. The molecule has 7 nitrogen and oxygen atoms in total. The number of halogens is 1. The number of nitro groups is 1. The summed E-state index contributed by atoms with van der Waals surface area (Å²) in [4.78, 5) is 11.5. The Morgan fingerprint density at radius 3 is 2.69 bits per heavy atom. The molecule has 0 spiro atoms. The first-order valence-electron chi connectivity index (χ1n) is 9.34. The normalized spacial score (nSPS) is 19.7. The Bertz CT molecular complexity index is 1060. The molecule has 0 amide bonds. The Morgan fingerprint density at radius 2 is 1.97 bits per heavy atom. The second-order valence-electron chi connectivity index (χ2n) is 7.04. The summed E-state index contributed by atoms with van der Waals surface area (Å²) in [6, 6.07) is 8.47. The summed E-state index contributed by atoms with van der Waals surface area (Å²) >= 11 is 1.43. The molecule has 1 atom stereocenters. The molecule has 0 saturated carbocycles. The minimum absolute atomic E-state index is 0.0812. The van der Waals surface area contributed by atoms with Crippen LogP contribution in [-0.2, 0) is 10.0 Å². The lowest BCUT2D eigenvalue weighted by molar-refractivity contribution is -0.384. The van der Waals surface area contributed by atoms with Crippen LogP contribution in [0.25, 0.3) is 0 Å². The van der Waals surface area contributed by atoms with Gasteiger partial charge in [-0.05, 0) is 43.0 Å². The molecule has 1 saturated heterocycles. The second kappa shape index (κ2) is 7.92. The lowest BCUT2D eigenvalue weighted by atomic mass is 10.0. The van der Waals surface area contributed by atoms with Gasteiger partial charge < -0.3 is 5.32 Å². The first-order valence-corrected chi connectivity index (χ1v) is 11.8. The van der Waals surface area contributed by atoms with Crippen molar-refractivity contribution in [1.29, 1.82) is 0 Å². The molecule has 4 rings (SSSR count). The van der Waals surface area contributed by atoms with Crippen molar-refractivity contribution in [3.63, 3.8) is 0 Å². The Morgan fingerprint density at radius 1 is 1.21 bits per heavy atom. The number of fused-ring (bicyclic) bond motifs is 1. The minimum atomic E-state index is -3.75. The van der Waals surface area contributed by atoms with Crippen LogP contribution >= 0.6 is 11.8 Å². The standard InChI is InChI=1S/C19H20FN3O4S2/c20-15-5-3-4-14-16(8-11-28-19(14)15)21-17-7-6-13(12-18(17)23(24)25)29(26,27)22-9-1-2-10-22/h3-7,12,16,21H,1-2,8-11H2/t16-/m0/s1. The molecule has 2 aliphatic rings. The summed E-state index contributed by atoms with van der Waals surface area (Å²) in [5.74, 6) is 0.376. The number of benzene rings is 2. The fourth-order valence-electron chi connectivity index (χ4n) is 3.75. The van der Waals surface area contributed by atoms with Crippen LogP contribution in [0.15, 0.2) is 46.2 Å². The van der Waals surface area contributed by atoms with Crippen molar-refractivity contribution in [2.24, 2.45) is 0 Å². The van der Waals surface area contributed by atoms with E-state index in [-0.39, 0.29) is 28.1 Å². The van der Waals surface area contributed by atoms with Crippen molar-refractivity contribution < 1.29 is 17.7 Å². The fourth-order valence-corrected chi connectivity index (χ4v) is 6.42. The number of nitrogens with one attached hydrogen (secondary N) is 1. The highest BCUT2D eigenvalue weighted by molar-refractivity contribution is 7.99. The van der Waals surface area contributed by atoms with Crippen LogP contribution < -0.4 is 5.32 Å². The second-order valence-corrected chi connectivity index (χ2v) is 10.1. The van der Waals surface area contributed by atoms with Gasteiger partial charge in [0.05, 0.1) is 15.9 Å². The Hall–Kier alpha value is -2.17. The zero-order valence-electron chi connectivity index (χ0n) is 15.5. The number of nitro benzene ring substituents is 1. The predicted molar refractivity (Wildman–Crippen MR) is 109 cm³/mol. The topological polar surface area (TPSA) is 92.5 Å². The third kappa shape index (κ3) is 3.84. The quantitative estimate of drug-likeness (QED) is 0.558. The number of thioether (sulfide) groups is 1. The van der Waals surface area contributed by atoms with E-state index >= 15 is 0 Å². The number of sulfonamides is 1. The molecule has 0 aromatic heterocycles. The van der Waals surface area contributed by atoms with Crippen LogP contribution in [0.2, 0.25) is 0 Å². The first-order chi connectivity index (χ1) is 13.9. The molecule has 0 aliphatic carbocycles. The van der Waals surface area contributed by atoms with Gasteiger partial charge in [0.1, 0.15) is 11.5 Å². The van der Waals surface area contributed by atoms with Gasteiger partial charge >= 0.3 is 0 Å². The van der Waals surface area contributed by atoms with E-state index in [1.165, 1.54) is 34.3 Å². The van der Waals surface area contributed by atoms with Crippen molar-refractivity contribution >= 4 is 33.2 Å². The van der Waals surface area contributed by atoms with Gasteiger partial charge in [-0.15, -0.1) is 11.8 Å². The molecule has 0 unspecified atom stereocenters. The maximum Gasteiger partial charge on any atom is 0.293 e. The van der Waals surface area contributed by atoms with Crippen LogP contribution in [0.4, 0.5) is 15.8 Å². The van der Waals surface area contributed by atoms with Crippen LogP contribution in [0.3, 0.4) is 0 Å². The van der Waals surface area contributed by atoms with E-state index in [1.807, 2.05) is 0 Å². The third-order valence-electron chi connectivity index (χ3n) is 5.22. The van der Waals surface area contributed by atoms with E-state index in [2.05, 4.69) is 5.32 Å². The molecule has 2 aromatic carbocycles. The highest BCUT2D eigenvalue weighted by atomic mass is 32.2. The van der Waals surface area contributed by atoms with Crippen LogP contribution in [0, 0.1) is 15.9 Å². The van der Waals surface area contributed by atoms with Gasteiger partial charge in [0.2, 0.25) is 10.0 Å². The maximum absolute atomic E-state index is 14.1. The largest absolute Gasteiger partial charge is 0.373 e. The van der Waals surface area contributed by atoms with E-state index in [1.54, 1.807) is 12.1 Å². The van der Waals surface area contributed by atoms with Gasteiger partial charge in [-0.1, -0.05) is 12.1 Å². The van der Waals surface area contributed by atoms with Gasteiger partial charge in [-0.2, -0.15) is 4.31 Å². The molecule has 10 heteroatoms. The monoisotopic (exact) mass is 437 g/mol. The Balaban J connectivity index is 1.67. The molecule has 2 heterocycles. The van der Waals surface area contributed by atoms with Gasteiger partial charge in [-0.3, -0.25) is 10.1 Å². The molecule has 0 bridgehead atoms. The van der Waals surface area contributed by atoms with Crippen molar-refractivity contribution in [2.75, 3.05) is 24.2 Å². The van der Waals surface area contributed by atoms with E-state index in [4.69, 9.17) is 0 Å². The van der Waals surface area contributed by atoms with Crippen molar-refractivity contribution in [3.05, 3.63) is 57.9 Å². The van der Waals surface area contributed by atoms with Crippen LogP contribution in [0.1, 0.15) is 30.9 Å². The van der Waals surface area contributed by atoms with Crippen molar-refractivity contribution in [2.45, 2.75) is 35.1 Å². The smallest absolute Gasteiger partial charge is 0.293 e. The average molecular weight is 438 g/mol. The third-order valence-corrected chi connectivity index (χ3v) is 8.28. The Labute approximate surface area is 172 Å². The number of rotatable bonds is 5. The number of anilines is 1. The van der Waals surface area contributed by atoms with Gasteiger partial charge in [0.15, 0.2) is 0 Å². The summed E-state index contributed by atoms with van der Waals surface area (Å²) in [5.41, 5.74) is 0.674. The van der Waals surface area contributed by atoms with Gasteiger partial charge in [-0.25, -0.2) is 12.8 Å². The molecular formula is C19H20FN3O4S2. The SMILES string of the molecule is O=[N+]([O-])c1cc(S(=O)(=O)N2CCCC2)ccc1N[C@H]1CCSc2c(F)cccc21. The van der Waals surface area contributed by atoms with E-state index in [9.17, 15) is 22.9 Å². The van der Waals surface area contributed by atoms with E-state index in [0.29, 0.717) is 30.2 Å². The molecule has 154 valence electrons. The number of hydrogen-bond donors (Lipinski definition) is 1. The summed E-state index contributed by atoms with van der Waals surface area (Å²) in [6.07, 6.45) is 2.25. The molecule has 2 aliphatic heterocycles. The highest BCUT2D eigenvalue weighted by Gasteiger charge is 2.30. The van der Waals surface area contributed by atoms with Crippen molar-refractivity contribution in [1.82, 2.24) is 4.31 Å². The number of nitrogens with zero attached hydrogens (tertiary/aromatic N) is 2. The minimum Gasteiger partial charge on any atom is -0.373 e. The first kappa shape index (κ1) is 20.1. The summed E-state index contributed by atoms with van der Waals surface area (Å²) in [6.45, 7) is 0.858. The summed E-state index contributed by atoms with van der Waals surface area (Å²) < 4.78 is 41.0. The van der Waals surface area contributed by atoms with Gasteiger partial charge in [0, 0.05) is 29.8 Å². The summed E-state index contributed by atoms with van der Waals surface area (Å²) in [7, 11) is -3.75. The highest BCUT2D eigenvalue weighted by Crippen LogP contribution is 2.41. The molecule has 1 fully saturated rings. The lowest BCUT2D eigenvalue weighted by Crippen LogP contribution is -2.28. The van der Waals surface area contributed by atoms with Gasteiger partial charge in [0.25, 0.3) is 5.69 Å². The molecule has 0 radical (unpaired) electrons. The lowest BCUT2D eigenvalue weighted by Gasteiger charge is -2.27. The fraction of sp³-hybridized carbons (Fsp3) is 0.368. The molecule has 2 aromatic rings. The molecular weight excluding hydrogens is 417 g/mol. The maximum atomic E-state index is 14.1. The zero-order chi connectivity index (χ0) is 20.6. The molecule has 29 heavy (non-hydrogen) atoms. The number of hydrogen-bond acceptors (Lipinski definition) is 6. The zero-order valence-corrected chi connectivity index (χ0v) is 17.1. The predicted octanol–water partition coefficient (Wildman–Crippen LogP) is 4.17. The molecule has 1 N–H and O–H groups in total. The Kier molecular flexibility index (Phi) is 5.50. The van der Waals surface area contributed by atoms with Crippen LogP contribution in [-0.4, -0.2) is 36.5 Å². The van der Waals surface area contributed by atoms with Crippen LogP contribution in [0.5, 0.6) is 0 Å². The van der Waals surface area contributed by atoms with E-state index in [0.717, 1.165) is 24.5 Å². The van der Waals surface area contributed by atoms with Crippen molar-refractivity contribution in [3.8, 4) is 0 Å². The summed E-state index contributed by atoms with van der Waals surface area (Å²) in [5, 5.41) is 14.8. The van der Waals surface area contributed by atoms with E-state index < -0.39 is 14.9 Å².